The number of nitrogens with zero attached hydrogens (tertiary/aromatic N) is 1. The van der Waals surface area contributed by atoms with E-state index in [0.717, 1.165) is 17.1 Å². The van der Waals surface area contributed by atoms with Gasteiger partial charge in [0.1, 0.15) is 0 Å². The minimum absolute atomic E-state index is 0.101. The molecule has 0 amide bonds. The molecule has 64 heavy (non-hydrogen) atoms. The number of fused-ring (bicyclic) bond motifs is 7. The van der Waals surface area contributed by atoms with Gasteiger partial charge in [-0.05, 0) is 148 Å². The molecule has 0 aromatic heterocycles. The van der Waals surface area contributed by atoms with Crippen LogP contribution >= 0.6 is 0 Å². The van der Waals surface area contributed by atoms with Crippen molar-refractivity contribution in [2.24, 2.45) is 0 Å². The number of rotatable bonds is 7. The average Bonchev–Trinajstić information content (AvgIpc) is 3.60. The van der Waals surface area contributed by atoms with Gasteiger partial charge in [-0.15, -0.1) is 0 Å². The predicted octanol–water partition coefficient (Wildman–Crippen LogP) is 17.6. The Morgan fingerprint density at radius 2 is 0.797 bits per heavy atom. The summed E-state index contributed by atoms with van der Waals surface area (Å²) in [4.78, 5) is 2.40. The quantitative estimate of drug-likeness (QED) is 0.145. The van der Waals surface area contributed by atoms with Crippen molar-refractivity contribution in [3.8, 4) is 55.6 Å². The molecule has 0 aliphatic heterocycles. The van der Waals surface area contributed by atoms with Gasteiger partial charge in [0.15, 0.2) is 0 Å². The second-order valence-electron chi connectivity index (χ2n) is 17.7. The lowest BCUT2D eigenvalue weighted by Crippen LogP contribution is -2.16. The Labute approximate surface area is 375 Å². The molecule has 302 valence electrons. The van der Waals surface area contributed by atoms with Crippen LogP contribution in [-0.2, 0) is 5.41 Å². The highest BCUT2D eigenvalue weighted by Gasteiger charge is 2.37. The first-order valence-corrected chi connectivity index (χ1v) is 22.3. The third-order valence-electron chi connectivity index (χ3n) is 13.6. The van der Waals surface area contributed by atoms with E-state index in [1.807, 2.05) is 0 Å². The lowest BCUT2D eigenvalue weighted by Gasteiger charge is -2.27. The van der Waals surface area contributed by atoms with Crippen LogP contribution < -0.4 is 4.90 Å². The molecule has 0 fully saturated rings. The zero-order valence-electron chi connectivity index (χ0n) is 36.0. The van der Waals surface area contributed by atoms with Gasteiger partial charge < -0.3 is 4.90 Å². The van der Waals surface area contributed by atoms with Gasteiger partial charge in [-0.25, -0.2) is 0 Å². The molecule has 1 heteroatoms. The molecule has 1 nitrogen and oxygen atoms in total. The topological polar surface area (TPSA) is 3.24 Å². The minimum Gasteiger partial charge on any atom is -0.310 e. The van der Waals surface area contributed by atoms with Gasteiger partial charge in [0, 0.05) is 22.5 Å². The molecular weight excluding hydrogens is 771 g/mol. The smallest absolute Gasteiger partial charge is 0.0467 e. The molecule has 0 spiro atoms. The maximum absolute atomic E-state index is 2.40. The first-order chi connectivity index (χ1) is 31.5. The molecule has 11 aromatic carbocycles. The van der Waals surface area contributed by atoms with Crippen LogP contribution in [0.2, 0.25) is 0 Å². The molecule has 12 rings (SSSR count). The lowest BCUT2D eigenvalue weighted by atomic mass is 9.79. The van der Waals surface area contributed by atoms with Crippen molar-refractivity contribution >= 4 is 49.4 Å². The van der Waals surface area contributed by atoms with Gasteiger partial charge >= 0.3 is 0 Å². The molecule has 0 bridgehead atoms. The van der Waals surface area contributed by atoms with Gasteiger partial charge in [-0.3, -0.25) is 0 Å². The van der Waals surface area contributed by atoms with Crippen LogP contribution in [0.4, 0.5) is 17.1 Å². The van der Waals surface area contributed by atoms with E-state index < -0.39 is 0 Å². The first kappa shape index (κ1) is 37.7. The largest absolute Gasteiger partial charge is 0.310 e. The molecular formula is C63H45N. The summed E-state index contributed by atoms with van der Waals surface area (Å²) < 4.78 is 0. The average molecular weight is 816 g/mol. The maximum atomic E-state index is 2.40. The van der Waals surface area contributed by atoms with Crippen LogP contribution in [0.3, 0.4) is 0 Å². The highest BCUT2D eigenvalue weighted by Crippen LogP contribution is 2.52. The zero-order valence-corrected chi connectivity index (χ0v) is 36.0. The summed E-state index contributed by atoms with van der Waals surface area (Å²) in [7, 11) is 0. The third-order valence-corrected chi connectivity index (χ3v) is 13.6. The third kappa shape index (κ3) is 6.23. The van der Waals surface area contributed by atoms with Gasteiger partial charge in [0.05, 0.1) is 0 Å². The SMILES string of the molecule is CC1(C)c2ccccc2-c2cccc(-c3ccc(N(c4ccc(-c5cc6ccccc6c6ccccc56)cc4)c4cccc(-c5cccc(-c6cccc7ccccc67)c5)c4)cc3)c21. The standard InChI is InChI=1S/C63H45N/c1-63(2)61-30-10-9-26-58(61)59-29-14-28-55(62(59)63)43-31-35-49(36-32-43)64(50-37-33-44(34-38-50)60-41-48-16-4-6-23-54(48)56-24-7-8-25-57(56)60)51-21-12-19-46(40-51)45-18-11-20-47(39-45)53-27-13-17-42-15-3-5-22-52(42)53/h3-41H,1-2H3. The number of anilines is 3. The normalized spacial score (nSPS) is 12.7. The van der Waals surface area contributed by atoms with E-state index in [4.69, 9.17) is 0 Å². The molecule has 0 heterocycles. The Hall–Kier alpha value is -8.00. The van der Waals surface area contributed by atoms with Gasteiger partial charge in [-0.2, -0.15) is 0 Å². The zero-order chi connectivity index (χ0) is 42.8. The molecule has 0 atom stereocenters. The van der Waals surface area contributed by atoms with Gasteiger partial charge in [-0.1, -0.05) is 202 Å². The Kier molecular flexibility index (Phi) is 8.91. The van der Waals surface area contributed by atoms with Crippen LogP contribution in [0.25, 0.3) is 88.0 Å². The summed E-state index contributed by atoms with van der Waals surface area (Å²) in [6.07, 6.45) is 0. The minimum atomic E-state index is -0.101. The van der Waals surface area contributed by atoms with Crippen molar-refractivity contribution in [2.45, 2.75) is 19.3 Å². The predicted molar refractivity (Wildman–Crippen MR) is 273 cm³/mol. The van der Waals surface area contributed by atoms with E-state index in [-0.39, 0.29) is 5.41 Å². The molecule has 1 aliphatic rings. The summed E-state index contributed by atoms with van der Waals surface area (Å²) in [5.74, 6) is 0. The molecule has 0 unspecified atom stereocenters. The van der Waals surface area contributed by atoms with Crippen LogP contribution in [0.5, 0.6) is 0 Å². The van der Waals surface area contributed by atoms with Crippen molar-refractivity contribution in [1.29, 1.82) is 0 Å². The van der Waals surface area contributed by atoms with Gasteiger partial charge in [0.25, 0.3) is 0 Å². The van der Waals surface area contributed by atoms with Crippen LogP contribution in [-0.4, -0.2) is 0 Å². The Balaban J connectivity index is 0.969. The first-order valence-electron chi connectivity index (χ1n) is 22.3. The van der Waals surface area contributed by atoms with Crippen molar-refractivity contribution < 1.29 is 0 Å². The second-order valence-corrected chi connectivity index (χ2v) is 17.7. The van der Waals surface area contributed by atoms with E-state index in [2.05, 4.69) is 255 Å². The summed E-state index contributed by atoms with van der Waals surface area (Å²) in [5, 5.41) is 7.58. The molecule has 0 saturated carbocycles. The summed E-state index contributed by atoms with van der Waals surface area (Å²) in [6.45, 7) is 4.73. The van der Waals surface area contributed by atoms with Gasteiger partial charge in [0.2, 0.25) is 0 Å². The van der Waals surface area contributed by atoms with Crippen molar-refractivity contribution in [3.63, 3.8) is 0 Å². The van der Waals surface area contributed by atoms with Crippen LogP contribution in [0, 0.1) is 0 Å². The van der Waals surface area contributed by atoms with Crippen molar-refractivity contribution in [2.75, 3.05) is 4.90 Å². The fourth-order valence-corrected chi connectivity index (χ4v) is 10.6. The highest BCUT2D eigenvalue weighted by molar-refractivity contribution is 6.13. The molecule has 1 aliphatic carbocycles. The number of hydrogen-bond donors (Lipinski definition) is 0. The summed E-state index contributed by atoms with van der Waals surface area (Å²) in [5.41, 5.74) is 18.4. The van der Waals surface area contributed by atoms with E-state index in [9.17, 15) is 0 Å². The van der Waals surface area contributed by atoms with E-state index in [1.54, 1.807) is 0 Å². The second kappa shape index (κ2) is 15.1. The maximum Gasteiger partial charge on any atom is 0.0467 e. The van der Waals surface area contributed by atoms with Crippen molar-refractivity contribution in [1.82, 2.24) is 0 Å². The van der Waals surface area contributed by atoms with E-state index in [0.29, 0.717) is 0 Å². The highest BCUT2D eigenvalue weighted by atomic mass is 15.1. The van der Waals surface area contributed by atoms with E-state index in [1.165, 1.54) is 99.1 Å². The Morgan fingerprint density at radius 3 is 1.58 bits per heavy atom. The molecule has 0 radical (unpaired) electrons. The Morgan fingerprint density at radius 1 is 0.281 bits per heavy atom. The summed E-state index contributed by atoms with van der Waals surface area (Å²) in [6, 6.07) is 87.1. The van der Waals surface area contributed by atoms with Crippen LogP contribution in [0.1, 0.15) is 25.0 Å². The number of hydrogen-bond acceptors (Lipinski definition) is 1. The number of benzene rings is 11. The van der Waals surface area contributed by atoms with Crippen LogP contribution in [0.15, 0.2) is 237 Å². The summed E-state index contributed by atoms with van der Waals surface area (Å²) >= 11 is 0. The monoisotopic (exact) mass is 815 g/mol. The fraction of sp³-hybridized carbons (Fsp3) is 0.0476. The fourth-order valence-electron chi connectivity index (χ4n) is 10.6. The molecule has 0 saturated heterocycles. The van der Waals surface area contributed by atoms with E-state index >= 15 is 0 Å². The lowest BCUT2D eigenvalue weighted by molar-refractivity contribution is 0.662. The molecule has 11 aromatic rings. The molecule has 0 N–H and O–H groups in total. The van der Waals surface area contributed by atoms with Crippen molar-refractivity contribution in [3.05, 3.63) is 248 Å². The Bertz CT molecular complexity index is 3570.